The summed E-state index contributed by atoms with van der Waals surface area (Å²) in [7, 11) is 2.06. The topological polar surface area (TPSA) is 59.0 Å². The van der Waals surface area contributed by atoms with Crippen molar-refractivity contribution in [2.45, 2.75) is 12.6 Å². The number of aromatic amines is 1. The van der Waals surface area contributed by atoms with Crippen molar-refractivity contribution in [3.05, 3.63) is 72.2 Å². The van der Waals surface area contributed by atoms with Gasteiger partial charge in [0.2, 0.25) is 0 Å². The van der Waals surface area contributed by atoms with Gasteiger partial charge in [-0.15, -0.1) is 0 Å². The lowest BCUT2D eigenvalue weighted by Crippen LogP contribution is -2.40. The number of aryl methyl sites for hydroxylation is 1. The van der Waals surface area contributed by atoms with E-state index in [0.29, 0.717) is 19.8 Å². The largest absolute Gasteiger partial charge is 0.378 e. The standard InChI is InChI=1S/C22H22FN5O/c1-27-19-5-3-2-4-17(19)25-21(27)13-28-10-11-29-14-20(28)22-24-12-18(26-22)15-6-8-16(23)9-7-15/h2-9,12,20H,10-11,13-14H2,1H3,(H,24,26)/t20-/m0/s1. The molecule has 1 aliphatic rings. The molecule has 0 bridgehead atoms. The first-order valence-electron chi connectivity index (χ1n) is 9.72. The van der Waals surface area contributed by atoms with Crippen LogP contribution >= 0.6 is 0 Å². The van der Waals surface area contributed by atoms with E-state index in [1.165, 1.54) is 12.1 Å². The molecule has 1 N–H and O–H groups in total. The number of morpholine rings is 1. The van der Waals surface area contributed by atoms with E-state index in [4.69, 9.17) is 9.72 Å². The number of rotatable bonds is 4. The van der Waals surface area contributed by atoms with Crippen molar-refractivity contribution in [1.29, 1.82) is 0 Å². The summed E-state index contributed by atoms with van der Waals surface area (Å²) in [5.74, 6) is 1.62. The third-order valence-corrected chi connectivity index (χ3v) is 5.53. The summed E-state index contributed by atoms with van der Waals surface area (Å²) in [6, 6.07) is 14.6. The van der Waals surface area contributed by atoms with Crippen molar-refractivity contribution in [3.8, 4) is 11.3 Å². The van der Waals surface area contributed by atoms with Gasteiger partial charge in [0.1, 0.15) is 17.5 Å². The molecule has 4 aromatic rings. The Kier molecular flexibility index (Phi) is 4.61. The first-order chi connectivity index (χ1) is 14.2. The second-order valence-electron chi connectivity index (χ2n) is 7.33. The maximum atomic E-state index is 13.2. The summed E-state index contributed by atoms with van der Waals surface area (Å²) in [6.07, 6.45) is 1.80. The molecule has 1 atom stereocenters. The Hall–Kier alpha value is -3.03. The predicted octanol–water partition coefficient (Wildman–Crippen LogP) is 3.68. The summed E-state index contributed by atoms with van der Waals surface area (Å²) in [5, 5.41) is 0. The number of fused-ring (bicyclic) bond motifs is 1. The molecule has 6 nitrogen and oxygen atoms in total. The molecule has 0 aliphatic carbocycles. The van der Waals surface area contributed by atoms with E-state index in [1.807, 2.05) is 18.2 Å². The van der Waals surface area contributed by atoms with Gasteiger partial charge < -0.3 is 14.3 Å². The third kappa shape index (κ3) is 3.43. The van der Waals surface area contributed by atoms with Crippen molar-refractivity contribution < 1.29 is 9.13 Å². The molecule has 0 unspecified atom stereocenters. The Morgan fingerprint density at radius 3 is 2.83 bits per heavy atom. The Labute approximate surface area is 168 Å². The van der Waals surface area contributed by atoms with Crippen molar-refractivity contribution in [3.63, 3.8) is 0 Å². The Morgan fingerprint density at radius 2 is 2.00 bits per heavy atom. The lowest BCUT2D eigenvalue weighted by molar-refractivity contribution is -0.0170. The van der Waals surface area contributed by atoms with Crippen LogP contribution in [0, 0.1) is 5.82 Å². The van der Waals surface area contributed by atoms with Crippen LogP contribution in [0.25, 0.3) is 22.3 Å². The van der Waals surface area contributed by atoms with E-state index in [1.54, 1.807) is 18.3 Å². The summed E-state index contributed by atoms with van der Waals surface area (Å²) in [6.45, 7) is 2.78. The van der Waals surface area contributed by atoms with Crippen LogP contribution in [0.3, 0.4) is 0 Å². The van der Waals surface area contributed by atoms with Crippen LogP contribution in [0.5, 0.6) is 0 Å². The number of imidazole rings is 2. The number of benzene rings is 2. The molecule has 7 heteroatoms. The maximum absolute atomic E-state index is 13.2. The van der Waals surface area contributed by atoms with Gasteiger partial charge in [0.25, 0.3) is 0 Å². The zero-order valence-corrected chi connectivity index (χ0v) is 16.2. The molecule has 1 saturated heterocycles. The lowest BCUT2D eigenvalue weighted by Gasteiger charge is -2.34. The summed E-state index contributed by atoms with van der Waals surface area (Å²) >= 11 is 0. The second-order valence-corrected chi connectivity index (χ2v) is 7.33. The van der Waals surface area contributed by atoms with E-state index >= 15 is 0 Å². The van der Waals surface area contributed by atoms with Crippen molar-refractivity contribution >= 4 is 11.0 Å². The average molecular weight is 391 g/mol. The number of H-pyrrole nitrogens is 1. The number of halogens is 1. The van der Waals surface area contributed by atoms with Crippen LogP contribution in [-0.2, 0) is 18.3 Å². The zero-order valence-electron chi connectivity index (χ0n) is 16.2. The number of hydrogen-bond acceptors (Lipinski definition) is 4. The third-order valence-electron chi connectivity index (χ3n) is 5.53. The van der Waals surface area contributed by atoms with Gasteiger partial charge in [-0.2, -0.15) is 0 Å². The van der Waals surface area contributed by atoms with Gasteiger partial charge in [-0.1, -0.05) is 12.1 Å². The van der Waals surface area contributed by atoms with Gasteiger partial charge in [0, 0.05) is 13.6 Å². The van der Waals surface area contributed by atoms with Gasteiger partial charge in [-0.25, -0.2) is 14.4 Å². The fourth-order valence-corrected chi connectivity index (χ4v) is 3.88. The quantitative estimate of drug-likeness (QED) is 0.577. The maximum Gasteiger partial charge on any atom is 0.126 e. The van der Waals surface area contributed by atoms with E-state index in [2.05, 4.69) is 32.5 Å². The van der Waals surface area contributed by atoms with Crippen molar-refractivity contribution in [1.82, 2.24) is 24.4 Å². The highest BCUT2D eigenvalue weighted by Gasteiger charge is 2.28. The minimum absolute atomic E-state index is 0.0118. The second kappa shape index (κ2) is 7.42. The van der Waals surface area contributed by atoms with Crippen LogP contribution in [0.15, 0.2) is 54.7 Å². The molecule has 3 heterocycles. The van der Waals surface area contributed by atoms with Crippen LogP contribution in [0.2, 0.25) is 0 Å². The SMILES string of the molecule is Cn1c(CN2CCOC[C@H]2c2ncc(-c3ccc(F)cc3)[nH]2)nc2ccccc21. The molecule has 0 amide bonds. The highest BCUT2D eigenvalue weighted by molar-refractivity contribution is 5.75. The van der Waals surface area contributed by atoms with Crippen molar-refractivity contribution in [2.75, 3.05) is 19.8 Å². The predicted molar refractivity (Wildman–Crippen MR) is 109 cm³/mol. The highest BCUT2D eigenvalue weighted by atomic mass is 19.1. The number of hydrogen-bond donors (Lipinski definition) is 1. The van der Waals surface area contributed by atoms with Crippen molar-refractivity contribution in [2.24, 2.45) is 7.05 Å². The van der Waals surface area contributed by atoms with Gasteiger partial charge in [-0.3, -0.25) is 4.90 Å². The molecule has 2 aromatic carbocycles. The van der Waals surface area contributed by atoms with Crippen LogP contribution in [0.4, 0.5) is 4.39 Å². The van der Waals surface area contributed by atoms with E-state index < -0.39 is 0 Å². The molecule has 2 aromatic heterocycles. The molecule has 0 spiro atoms. The fourth-order valence-electron chi connectivity index (χ4n) is 3.88. The summed E-state index contributed by atoms with van der Waals surface area (Å²) in [5.41, 5.74) is 3.91. The molecule has 0 radical (unpaired) electrons. The molecule has 1 aliphatic heterocycles. The molecule has 148 valence electrons. The first kappa shape index (κ1) is 18.0. The van der Waals surface area contributed by atoms with Gasteiger partial charge in [0.05, 0.1) is 48.7 Å². The molecule has 1 fully saturated rings. The number of aromatic nitrogens is 4. The zero-order chi connectivity index (χ0) is 19.8. The molecular formula is C22H22FN5O. The Balaban J connectivity index is 1.41. The molecule has 0 saturated carbocycles. The van der Waals surface area contributed by atoms with Gasteiger partial charge >= 0.3 is 0 Å². The number of ether oxygens (including phenoxy) is 1. The van der Waals surface area contributed by atoms with Gasteiger partial charge in [-0.05, 0) is 42.0 Å². The van der Waals surface area contributed by atoms with Crippen LogP contribution < -0.4 is 0 Å². The van der Waals surface area contributed by atoms with Gasteiger partial charge in [0.15, 0.2) is 0 Å². The number of nitrogens with one attached hydrogen (secondary N) is 1. The lowest BCUT2D eigenvalue weighted by atomic mass is 10.2. The average Bonchev–Trinajstić information content (AvgIpc) is 3.35. The summed E-state index contributed by atoms with van der Waals surface area (Å²) in [4.78, 5) is 15.1. The van der Waals surface area contributed by atoms with E-state index in [-0.39, 0.29) is 11.9 Å². The Bertz CT molecular complexity index is 1130. The number of para-hydroxylation sites is 2. The minimum atomic E-state index is -0.247. The van der Waals surface area contributed by atoms with Crippen LogP contribution in [0.1, 0.15) is 17.7 Å². The number of nitrogens with zero attached hydrogens (tertiary/aromatic N) is 4. The molecule has 5 rings (SSSR count). The first-order valence-corrected chi connectivity index (χ1v) is 9.72. The van der Waals surface area contributed by atoms with E-state index in [0.717, 1.165) is 40.5 Å². The molecule has 29 heavy (non-hydrogen) atoms. The fraction of sp³-hybridized carbons (Fsp3) is 0.273. The smallest absolute Gasteiger partial charge is 0.126 e. The normalized spacial score (nSPS) is 17.8. The monoisotopic (exact) mass is 391 g/mol. The molecular weight excluding hydrogens is 369 g/mol. The minimum Gasteiger partial charge on any atom is -0.378 e. The summed E-state index contributed by atoms with van der Waals surface area (Å²) < 4.78 is 21.1. The Morgan fingerprint density at radius 1 is 1.17 bits per heavy atom. The van der Waals surface area contributed by atoms with Crippen LogP contribution in [-0.4, -0.2) is 44.2 Å². The van der Waals surface area contributed by atoms with E-state index in [9.17, 15) is 4.39 Å². The highest BCUT2D eigenvalue weighted by Crippen LogP contribution is 2.27.